The van der Waals surface area contributed by atoms with Crippen molar-refractivity contribution in [3.05, 3.63) is 47.5 Å². The Hall–Kier alpha value is -1.30. The summed E-state index contributed by atoms with van der Waals surface area (Å²) in [6.07, 6.45) is 5.90. The molecule has 2 aromatic rings. The first-order valence-corrected chi connectivity index (χ1v) is 7.30. The Balaban J connectivity index is 1.89. The molecule has 0 saturated heterocycles. The van der Waals surface area contributed by atoms with Gasteiger partial charge in [-0.2, -0.15) is 0 Å². The van der Waals surface area contributed by atoms with Crippen molar-refractivity contribution in [2.24, 2.45) is 11.8 Å². The summed E-state index contributed by atoms with van der Waals surface area (Å²) in [4.78, 5) is 0. The molecule has 0 spiro atoms. The fourth-order valence-corrected chi connectivity index (χ4v) is 4.43. The van der Waals surface area contributed by atoms with E-state index in [-0.39, 0.29) is 0 Å². The summed E-state index contributed by atoms with van der Waals surface area (Å²) >= 11 is 0. The van der Waals surface area contributed by atoms with Gasteiger partial charge in [0.15, 0.2) is 0 Å². The van der Waals surface area contributed by atoms with E-state index in [0.717, 1.165) is 17.8 Å². The predicted octanol–water partition coefficient (Wildman–Crippen LogP) is 5.05. The number of hydrogen-bond acceptors (Lipinski definition) is 0. The minimum atomic E-state index is 0.841. The molecular formula is C18H20. The molecule has 0 heteroatoms. The Bertz CT molecular complexity index is 596. The van der Waals surface area contributed by atoms with E-state index in [0.29, 0.717) is 0 Å². The van der Waals surface area contributed by atoms with Gasteiger partial charge in [0, 0.05) is 0 Å². The van der Waals surface area contributed by atoms with Crippen LogP contribution < -0.4 is 0 Å². The maximum absolute atomic E-state index is 2.45. The molecule has 2 aromatic carbocycles. The van der Waals surface area contributed by atoms with Gasteiger partial charge in [-0.15, -0.1) is 0 Å². The summed E-state index contributed by atoms with van der Waals surface area (Å²) in [5.74, 6) is 2.84. The van der Waals surface area contributed by atoms with Gasteiger partial charge in [0.25, 0.3) is 0 Å². The Morgan fingerprint density at radius 2 is 1.89 bits per heavy atom. The highest BCUT2D eigenvalue weighted by atomic mass is 14.4. The molecule has 0 aliphatic heterocycles. The summed E-state index contributed by atoms with van der Waals surface area (Å²) in [6, 6.07) is 13.7. The lowest BCUT2D eigenvalue weighted by Gasteiger charge is -2.24. The standard InChI is InChI=1S/C18H20/c1-12-8-14-4-2-3-5-16(14)18(9-12)17-11-13-6-7-15(17)10-13/h2-5,8-9,13,15,17H,6-7,10-11H2,1H3. The van der Waals surface area contributed by atoms with Crippen LogP contribution in [0.3, 0.4) is 0 Å². The van der Waals surface area contributed by atoms with Gasteiger partial charge in [-0.25, -0.2) is 0 Å². The first kappa shape index (κ1) is 10.6. The van der Waals surface area contributed by atoms with Crippen LogP contribution in [0.5, 0.6) is 0 Å². The first-order chi connectivity index (χ1) is 8.81. The summed E-state index contributed by atoms with van der Waals surface area (Å²) in [7, 11) is 0. The van der Waals surface area contributed by atoms with Gasteiger partial charge in [0.1, 0.15) is 0 Å². The SMILES string of the molecule is Cc1cc(C2CC3CCC2C3)c2ccccc2c1. The van der Waals surface area contributed by atoms with Gasteiger partial charge >= 0.3 is 0 Å². The van der Waals surface area contributed by atoms with Gasteiger partial charge in [0.05, 0.1) is 0 Å². The zero-order valence-electron chi connectivity index (χ0n) is 11.0. The number of rotatable bonds is 1. The van der Waals surface area contributed by atoms with Crippen molar-refractivity contribution in [2.45, 2.75) is 38.5 Å². The molecule has 2 bridgehead atoms. The summed E-state index contributed by atoms with van der Waals surface area (Å²) in [5.41, 5.74) is 3.06. The quantitative estimate of drug-likeness (QED) is 0.650. The molecule has 3 atom stereocenters. The normalized spacial score (nSPS) is 30.2. The zero-order valence-corrected chi connectivity index (χ0v) is 11.0. The number of fused-ring (bicyclic) bond motifs is 3. The maximum atomic E-state index is 2.45. The average molecular weight is 236 g/mol. The van der Waals surface area contributed by atoms with Crippen LogP contribution in [0.15, 0.2) is 36.4 Å². The van der Waals surface area contributed by atoms with Crippen LogP contribution in [0.4, 0.5) is 0 Å². The Morgan fingerprint density at radius 1 is 1.00 bits per heavy atom. The molecule has 2 saturated carbocycles. The Morgan fingerprint density at radius 3 is 2.67 bits per heavy atom. The van der Waals surface area contributed by atoms with Crippen molar-refractivity contribution in [3.8, 4) is 0 Å². The van der Waals surface area contributed by atoms with Crippen molar-refractivity contribution >= 4 is 10.8 Å². The predicted molar refractivity (Wildman–Crippen MR) is 76.9 cm³/mol. The third kappa shape index (κ3) is 1.51. The third-order valence-corrected chi connectivity index (χ3v) is 5.18. The lowest BCUT2D eigenvalue weighted by atomic mass is 9.81. The van der Waals surface area contributed by atoms with E-state index in [9.17, 15) is 0 Å². The highest BCUT2D eigenvalue weighted by Gasteiger charge is 2.40. The molecule has 2 aliphatic rings. The lowest BCUT2D eigenvalue weighted by molar-refractivity contribution is 0.422. The summed E-state index contributed by atoms with van der Waals surface area (Å²) < 4.78 is 0. The molecule has 2 aliphatic carbocycles. The van der Waals surface area contributed by atoms with Gasteiger partial charge < -0.3 is 0 Å². The second-order valence-corrected chi connectivity index (χ2v) is 6.36. The highest BCUT2D eigenvalue weighted by molar-refractivity contribution is 5.87. The number of hydrogen-bond donors (Lipinski definition) is 0. The molecule has 3 unspecified atom stereocenters. The van der Waals surface area contributed by atoms with Crippen molar-refractivity contribution < 1.29 is 0 Å². The molecule has 0 nitrogen and oxygen atoms in total. The van der Waals surface area contributed by atoms with Crippen LogP contribution in [0.25, 0.3) is 10.8 Å². The molecule has 0 aromatic heterocycles. The first-order valence-electron chi connectivity index (χ1n) is 7.30. The lowest BCUT2D eigenvalue weighted by Crippen LogP contribution is -2.09. The van der Waals surface area contributed by atoms with Gasteiger partial charge in [-0.05, 0) is 60.3 Å². The number of aryl methyl sites for hydroxylation is 1. The zero-order chi connectivity index (χ0) is 12.1. The van der Waals surface area contributed by atoms with Crippen LogP contribution >= 0.6 is 0 Å². The molecule has 0 heterocycles. The smallest absolute Gasteiger partial charge is 0.0125 e. The van der Waals surface area contributed by atoms with Gasteiger partial charge in [-0.3, -0.25) is 0 Å². The molecule has 4 rings (SSSR count). The van der Waals surface area contributed by atoms with Crippen LogP contribution in [0, 0.1) is 18.8 Å². The van der Waals surface area contributed by atoms with Crippen LogP contribution in [0.2, 0.25) is 0 Å². The molecular weight excluding hydrogens is 216 g/mol. The number of benzene rings is 2. The summed E-state index contributed by atoms with van der Waals surface area (Å²) in [5, 5.41) is 2.93. The van der Waals surface area contributed by atoms with Crippen LogP contribution in [-0.4, -0.2) is 0 Å². The van der Waals surface area contributed by atoms with Crippen molar-refractivity contribution in [1.82, 2.24) is 0 Å². The van der Waals surface area contributed by atoms with Crippen LogP contribution in [0.1, 0.15) is 42.7 Å². The Kier molecular flexibility index (Phi) is 2.27. The van der Waals surface area contributed by atoms with Crippen molar-refractivity contribution in [3.63, 3.8) is 0 Å². The minimum absolute atomic E-state index is 0.841. The van der Waals surface area contributed by atoms with E-state index in [1.165, 1.54) is 42.0 Å². The molecule has 0 amide bonds. The van der Waals surface area contributed by atoms with E-state index >= 15 is 0 Å². The monoisotopic (exact) mass is 236 g/mol. The highest BCUT2D eigenvalue weighted by Crippen LogP contribution is 2.53. The van der Waals surface area contributed by atoms with Crippen molar-refractivity contribution in [1.29, 1.82) is 0 Å². The second kappa shape index (κ2) is 3.85. The van der Waals surface area contributed by atoms with Gasteiger partial charge in [-0.1, -0.05) is 48.4 Å². The Labute approximate surface area is 109 Å². The largest absolute Gasteiger partial charge is 0.0616 e. The molecule has 2 fully saturated rings. The fraction of sp³-hybridized carbons (Fsp3) is 0.444. The van der Waals surface area contributed by atoms with Crippen LogP contribution in [-0.2, 0) is 0 Å². The van der Waals surface area contributed by atoms with E-state index in [1.807, 2.05) is 0 Å². The maximum Gasteiger partial charge on any atom is -0.0125 e. The molecule has 92 valence electrons. The summed E-state index contributed by atoms with van der Waals surface area (Å²) in [6.45, 7) is 2.24. The van der Waals surface area contributed by atoms with E-state index < -0.39 is 0 Å². The average Bonchev–Trinajstić information content (AvgIpc) is 3.00. The topological polar surface area (TPSA) is 0 Å². The molecule has 0 N–H and O–H groups in total. The van der Waals surface area contributed by atoms with E-state index in [1.54, 1.807) is 5.56 Å². The van der Waals surface area contributed by atoms with E-state index in [4.69, 9.17) is 0 Å². The second-order valence-electron chi connectivity index (χ2n) is 6.36. The van der Waals surface area contributed by atoms with Gasteiger partial charge in [0.2, 0.25) is 0 Å². The fourth-order valence-electron chi connectivity index (χ4n) is 4.43. The molecule has 0 radical (unpaired) electrons. The van der Waals surface area contributed by atoms with E-state index in [2.05, 4.69) is 43.3 Å². The third-order valence-electron chi connectivity index (χ3n) is 5.18. The molecule has 18 heavy (non-hydrogen) atoms. The minimum Gasteiger partial charge on any atom is -0.0616 e. The van der Waals surface area contributed by atoms with Crippen molar-refractivity contribution in [2.75, 3.05) is 0 Å².